The molecule has 92 valence electrons. The fourth-order valence-corrected chi connectivity index (χ4v) is 2.46. The molecule has 0 saturated heterocycles. The molecule has 3 nitrogen and oxygen atoms in total. The minimum atomic E-state index is -0.343. The van der Waals surface area contributed by atoms with Crippen molar-refractivity contribution < 1.29 is 0 Å². The molecule has 17 heavy (non-hydrogen) atoms. The Morgan fingerprint density at radius 1 is 1.29 bits per heavy atom. The summed E-state index contributed by atoms with van der Waals surface area (Å²) >= 11 is 0. The van der Waals surface area contributed by atoms with Gasteiger partial charge in [0.05, 0.1) is 16.6 Å². The van der Waals surface area contributed by atoms with Gasteiger partial charge in [0.1, 0.15) is 5.82 Å². The van der Waals surface area contributed by atoms with Crippen LogP contribution in [-0.4, -0.2) is 9.55 Å². The summed E-state index contributed by atoms with van der Waals surface area (Å²) in [4.78, 5) is 4.71. The van der Waals surface area contributed by atoms with Gasteiger partial charge in [-0.15, -0.1) is 0 Å². The van der Waals surface area contributed by atoms with Crippen LogP contribution in [0.2, 0.25) is 0 Å². The van der Waals surface area contributed by atoms with Crippen molar-refractivity contribution in [1.82, 2.24) is 9.55 Å². The van der Waals surface area contributed by atoms with Crippen LogP contribution < -0.4 is 5.73 Å². The molecular formula is C14H21N3. The first-order chi connectivity index (χ1) is 8.10. The van der Waals surface area contributed by atoms with E-state index < -0.39 is 0 Å². The van der Waals surface area contributed by atoms with Crippen LogP contribution in [0, 0.1) is 0 Å². The summed E-state index contributed by atoms with van der Waals surface area (Å²) in [5, 5.41) is 0. The molecule has 1 aromatic heterocycles. The first-order valence-electron chi connectivity index (χ1n) is 6.34. The molecule has 0 bridgehead atoms. The number of nitrogens with two attached hydrogens (primary N) is 1. The smallest absolute Gasteiger partial charge is 0.129 e. The largest absolute Gasteiger partial charge is 0.327 e. The van der Waals surface area contributed by atoms with Gasteiger partial charge in [-0.1, -0.05) is 25.5 Å². The molecule has 3 heteroatoms. The van der Waals surface area contributed by atoms with E-state index >= 15 is 0 Å². The normalized spacial score (nSPS) is 15.1. The monoisotopic (exact) mass is 231 g/mol. The SMILES string of the molecule is CCCC(C)(N)c1nc2ccccc2n1CC. The van der Waals surface area contributed by atoms with Crippen LogP contribution in [0.5, 0.6) is 0 Å². The third kappa shape index (κ3) is 2.07. The first kappa shape index (κ1) is 12.1. The zero-order valence-electron chi connectivity index (χ0n) is 10.9. The molecule has 0 saturated carbocycles. The molecule has 0 aliphatic carbocycles. The van der Waals surface area contributed by atoms with Gasteiger partial charge < -0.3 is 10.3 Å². The highest BCUT2D eigenvalue weighted by Crippen LogP contribution is 2.26. The number of rotatable bonds is 4. The Morgan fingerprint density at radius 3 is 2.65 bits per heavy atom. The molecule has 0 radical (unpaired) electrons. The van der Waals surface area contributed by atoms with Gasteiger partial charge in [0, 0.05) is 6.54 Å². The molecule has 1 atom stereocenters. The van der Waals surface area contributed by atoms with E-state index in [9.17, 15) is 0 Å². The van der Waals surface area contributed by atoms with Gasteiger partial charge in [0.15, 0.2) is 0 Å². The molecule has 2 N–H and O–H groups in total. The minimum Gasteiger partial charge on any atom is -0.327 e. The van der Waals surface area contributed by atoms with Crippen LogP contribution in [0.3, 0.4) is 0 Å². The number of imidazole rings is 1. The summed E-state index contributed by atoms with van der Waals surface area (Å²) in [6.07, 6.45) is 2.02. The lowest BCUT2D eigenvalue weighted by Gasteiger charge is -2.24. The summed E-state index contributed by atoms with van der Waals surface area (Å²) in [6, 6.07) is 8.23. The van der Waals surface area contributed by atoms with Crippen molar-refractivity contribution in [2.45, 2.75) is 45.7 Å². The maximum Gasteiger partial charge on any atom is 0.129 e. The Labute approximate surface area is 103 Å². The number of hydrogen-bond donors (Lipinski definition) is 1. The minimum absolute atomic E-state index is 0.343. The standard InChI is InChI=1S/C14H21N3/c1-4-10-14(3,15)13-16-11-8-6-7-9-12(11)17(13)5-2/h6-9H,4-5,10,15H2,1-3H3. The second-order valence-corrected chi connectivity index (χ2v) is 4.84. The highest BCUT2D eigenvalue weighted by atomic mass is 15.1. The highest BCUT2D eigenvalue weighted by molar-refractivity contribution is 5.76. The lowest BCUT2D eigenvalue weighted by Crippen LogP contribution is -2.36. The predicted molar refractivity (Wildman–Crippen MR) is 71.9 cm³/mol. The number of nitrogens with zero attached hydrogens (tertiary/aromatic N) is 2. The van der Waals surface area contributed by atoms with Crippen LogP contribution >= 0.6 is 0 Å². The summed E-state index contributed by atoms with van der Waals surface area (Å²) < 4.78 is 2.23. The second kappa shape index (κ2) is 4.49. The van der Waals surface area contributed by atoms with Gasteiger partial charge in [0.25, 0.3) is 0 Å². The lowest BCUT2D eigenvalue weighted by molar-refractivity contribution is 0.403. The Morgan fingerprint density at radius 2 is 2.00 bits per heavy atom. The number of hydrogen-bond acceptors (Lipinski definition) is 2. The van der Waals surface area contributed by atoms with E-state index in [4.69, 9.17) is 10.7 Å². The number of para-hydroxylation sites is 2. The molecule has 0 amide bonds. The van der Waals surface area contributed by atoms with Crippen molar-refractivity contribution in [3.63, 3.8) is 0 Å². The summed E-state index contributed by atoms with van der Waals surface area (Å²) in [5.41, 5.74) is 8.28. The van der Waals surface area contributed by atoms with E-state index in [1.165, 1.54) is 5.52 Å². The van der Waals surface area contributed by atoms with E-state index in [1.807, 2.05) is 18.2 Å². The fraction of sp³-hybridized carbons (Fsp3) is 0.500. The fourth-order valence-electron chi connectivity index (χ4n) is 2.46. The Hall–Kier alpha value is -1.35. The molecule has 1 aromatic carbocycles. The Balaban J connectivity index is 2.61. The van der Waals surface area contributed by atoms with Gasteiger partial charge in [0.2, 0.25) is 0 Å². The summed E-state index contributed by atoms with van der Waals surface area (Å²) in [6.45, 7) is 7.28. The summed E-state index contributed by atoms with van der Waals surface area (Å²) in [7, 11) is 0. The van der Waals surface area contributed by atoms with E-state index in [0.717, 1.165) is 30.7 Å². The van der Waals surface area contributed by atoms with E-state index in [2.05, 4.69) is 31.4 Å². The van der Waals surface area contributed by atoms with E-state index in [0.29, 0.717) is 0 Å². The van der Waals surface area contributed by atoms with Crippen LogP contribution in [0.1, 0.15) is 39.4 Å². The molecule has 2 rings (SSSR count). The third-order valence-corrected chi connectivity index (χ3v) is 3.25. The number of aryl methyl sites for hydroxylation is 1. The predicted octanol–water partition coefficient (Wildman–Crippen LogP) is 3.03. The highest BCUT2D eigenvalue weighted by Gasteiger charge is 2.26. The molecule has 0 spiro atoms. The van der Waals surface area contributed by atoms with E-state index in [1.54, 1.807) is 0 Å². The average Bonchev–Trinajstić information content (AvgIpc) is 2.68. The first-order valence-corrected chi connectivity index (χ1v) is 6.34. The van der Waals surface area contributed by atoms with Gasteiger partial charge in [-0.05, 0) is 32.4 Å². The van der Waals surface area contributed by atoms with Gasteiger partial charge in [-0.3, -0.25) is 0 Å². The van der Waals surface area contributed by atoms with Crippen molar-refractivity contribution in [1.29, 1.82) is 0 Å². The maximum absolute atomic E-state index is 6.41. The van der Waals surface area contributed by atoms with Crippen molar-refractivity contribution in [3.05, 3.63) is 30.1 Å². The zero-order valence-corrected chi connectivity index (χ0v) is 10.9. The molecule has 1 unspecified atom stereocenters. The summed E-state index contributed by atoms with van der Waals surface area (Å²) in [5.74, 6) is 1.00. The number of aromatic nitrogens is 2. The molecular weight excluding hydrogens is 210 g/mol. The van der Waals surface area contributed by atoms with Crippen LogP contribution in [0.25, 0.3) is 11.0 Å². The Bertz CT molecular complexity index is 511. The quantitative estimate of drug-likeness (QED) is 0.879. The number of benzene rings is 1. The molecule has 2 aromatic rings. The zero-order chi connectivity index (χ0) is 12.5. The third-order valence-electron chi connectivity index (χ3n) is 3.25. The number of fused-ring (bicyclic) bond motifs is 1. The topological polar surface area (TPSA) is 43.8 Å². The maximum atomic E-state index is 6.41. The van der Waals surface area contributed by atoms with Crippen molar-refractivity contribution >= 4 is 11.0 Å². The molecule has 0 aliphatic rings. The molecule has 0 aliphatic heterocycles. The molecule has 1 heterocycles. The second-order valence-electron chi connectivity index (χ2n) is 4.84. The molecule has 0 fully saturated rings. The van der Waals surface area contributed by atoms with Crippen LogP contribution in [0.4, 0.5) is 0 Å². The average molecular weight is 231 g/mol. The lowest BCUT2D eigenvalue weighted by atomic mass is 9.96. The van der Waals surface area contributed by atoms with Gasteiger partial charge >= 0.3 is 0 Å². The van der Waals surface area contributed by atoms with Crippen molar-refractivity contribution in [3.8, 4) is 0 Å². The van der Waals surface area contributed by atoms with Crippen molar-refractivity contribution in [2.75, 3.05) is 0 Å². The van der Waals surface area contributed by atoms with E-state index in [-0.39, 0.29) is 5.54 Å². The van der Waals surface area contributed by atoms with Crippen LogP contribution in [0.15, 0.2) is 24.3 Å². The Kier molecular flexibility index (Phi) is 3.20. The van der Waals surface area contributed by atoms with Crippen LogP contribution in [-0.2, 0) is 12.1 Å². The van der Waals surface area contributed by atoms with Gasteiger partial charge in [-0.2, -0.15) is 0 Å². The van der Waals surface area contributed by atoms with Crippen molar-refractivity contribution in [2.24, 2.45) is 5.73 Å². The van der Waals surface area contributed by atoms with Gasteiger partial charge in [-0.25, -0.2) is 4.98 Å².